The number of hydrogen-bond acceptors (Lipinski definition) is 3. The lowest BCUT2D eigenvalue weighted by Gasteiger charge is -2.23. The summed E-state index contributed by atoms with van der Waals surface area (Å²) in [6, 6.07) is 8.24. The van der Waals surface area contributed by atoms with Crippen molar-refractivity contribution in [3.05, 3.63) is 48.7 Å². The highest BCUT2D eigenvalue weighted by Gasteiger charge is 2.38. The van der Waals surface area contributed by atoms with E-state index in [9.17, 15) is 0 Å². The minimum atomic E-state index is 0.329. The Kier molecular flexibility index (Phi) is 4.74. The Bertz CT molecular complexity index is 591. The third-order valence-electron chi connectivity index (χ3n) is 4.67. The molecule has 1 heterocycles. The zero-order chi connectivity index (χ0) is 15.4. The monoisotopic (exact) mass is 296 g/mol. The van der Waals surface area contributed by atoms with Gasteiger partial charge in [-0.15, -0.1) is 0 Å². The van der Waals surface area contributed by atoms with Crippen LogP contribution in [-0.4, -0.2) is 25.4 Å². The number of nitrogens with one attached hydrogen (secondary N) is 1. The smallest absolute Gasteiger partial charge is 0.127 e. The molecule has 22 heavy (non-hydrogen) atoms. The van der Waals surface area contributed by atoms with Crippen LogP contribution in [0.25, 0.3) is 5.57 Å². The second-order valence-electron chi connectivity index (χ2n) is 6.11. The van der Waals surface area contributed by atoms with Crippen molar-refractivity contribution in [2.75, 3.05) is 13.1 Å². The number of ether oxygens (including phenoxy) is 1. The lowest BCUT2D eigenvalue weighted by Crippen LogP contribution is -2.34. The fourth-order valence-corrected chi connectivity index (χ4v) is 3.60. The van der Waals surface area contributed by atoms with Gasteiger partial charge in [-0.1, -0.05) is 30.9 Å². The molecular formula is C19H24N2O. The summed E-state index contributed by atoms with van der Waals surface area (Å²) >= 11 is 0. The van der Waals surface area contributed by atoms with Crippen LogP contribution in [0.2, 0.25) is 0 Å². The average Bonchev–Trinajstić information content (AvgIpc) is 2.83. The summed E-state index contributed by atoms with van der Waals surface area (Å²) in [5, 5.41) is 3.52. The van der Waals surface area contributed by atoms with Gasteiger partial charge in [-0.2, -0.15) is 0 Å². The van der Waals surface area contributed by atoms with Crippen molar-refractivity contribution in [1.29, 1.82) is 0 Å². The van der Waals surface area contributed by atoms with Gasteiger partial charge in [-0.25, -0.2) is 0 Å². The topological polar surface area (TPSA) is 33.6 Å². The van der Waals surface area contributed by atoms with Crippen molar-refractivity contribution < 1.29 is 4.74 Å². The first-order valence-electron chi connectivity index (χ1n) is 8.09. The molecule has 1 aromatic rings. The van der Waals surface area contributed by atoms with E-state index in [0.717, 1.165) is 42.3 Å². The third-order valence-corrected chi connectivity index (χ3v) is 4.67. The molecule has 3 nitrogen and oxygen atoms in total. The van der Waals surface area contributed by atoms with Crippen molar-refractivity contribution >= 4 is 11.8 Å². The van der Waals surface area contributed by atoms with Gasteiger partial charge in [0.25, 0.3) is 0 Å². The van der Waals surface area contributed by atoms with Gasteiger partial charge in [0.1, 0.15) is 11.9 Å². The number of hydrogen-bond donors (Lipinski definition) is 1. The number of rotatable bonds is 5. The third kappa shape index (κ3) is 3.14. The summed E-state index contributed by atoms with van der Waals surface area (Å²) in [6.07, 6.45) is 8.24. The van der Waals surface area contributed by atoms with Crippen molar-refractivity contribution in [2.24, 2.45) is 16.8 Å². The maximum Gasteiger partial charge on any atom is 0.127 e. The first kappa shape index (κ1) is 15.0. The van der Waals surface area contributed by atoms with Crippen molar-refractivity contribution in [2.45, 2.75) is 25.9 Å². The fraction of sp³-hybridized carbons (Fsp3) is 0.421. The number of piperidine rings is 1. The molecule has 0 spiro atoms. The van der Waals surface area contributed by atoms with Gasteiger partial charge in [0, 0.05) is 30.4 Å². The summed E-state index contributed by atoms with van der Waals surface area (Å²) in [6.45, 7) is 7.88. The Morgan fingerprint density at radius 2 is 2.18 bits per heavy atom. The average molecular weight is 296 g/mol. The first-order chi connectivity index (χ1) is 10.8. The summed E-state index contributed by atoms with van der Waals surface area (Å²) < 4.78 is 6.41. The highest BCUT2D eigenvalue weighted by Crippen LogP contribution is 2.37. The predicted molar refractivity (Wildman–Crippen MR) is 92.3 cm³/mol. The van der Waals surface area contributed by atoms with Gasteiger partial charge in [0.2, 0.25) is 0 Å². The largest absolute Gasteiger partial charge is 0.489 e. The number of benzene rings is 1. The van der Waals surface area contributed by atoms with E-state index in [0.29, 0.717) is 12.0 Å². The Hall–Kier alpha value is -1.87. The number of nitrogens with zero attached hydrogens (tertiary/aromatic N) is 1. The summed E-state index contributed by atoms with van der Waals surface area (Å²) in [4.78, 5) is 4.15. The highest BCUT2D eigenvalue weighted by molar-refractivity contribution is 6.10. The zero-order valence-electron chi connectivity index (χ0n) is 13.2. The zero-order valence-corrected chi connectivity index (χ0v) is 13.2. The molecule has 3 rings (SSSR count). The van der Waals surface area contributed by atoms with E-state index in [1.807, 2.05) is 25.3 Å². The molecular weight excluding hydrogens is 272 g/mol. The number of fused-ring (bicyclic) bond motifs is 2. The van der Waals surface area contributed by atoms with Crippen LogP contribution in [0.5, 0.6) is 5.75 Å². The van der Waals surface area contributed by atoms with Crippen LogP contribution in [0.4, 0.5) is 0 Å². The molecule has 1 aromatic carbocycles. The first-order valence-corrected chi connectivity index (χ1v) is 8.09. The molecule has 116 valence electrons. The lowest BCUT2D eigenvalue weighted by molar-refractivity contribution is 0.160. The molecule has 1 aliphatic carbocycles. The molecule has 2 fully saturated rings. The van der Waals surface area contributed by atoms with E-state index in [1.165, 1.54) is 6.42 Å². The normalized spacial score (nSPS) is 28.0. The molecule has 1 N–H and O–H groups in total. The van der Waals surface area contributed by atoms with Gasteiger partial charge in [0.05, 0.1) is 0 Å². The predicted octanol–water partition coefficient (Wildman–Crippen LogP) is 3.68. The van der Waals surface area contributed by atoms with Crippen LogP contribution in [0, 0.1) is 11.8 Å². The van der Waals surface area contributed by atoms with Crippen LogP contribution < -0.4 is 10.1 Å². The summed E-state index contributed by atoms with van der Waals surface area (Å²) in [5.41, 5.74) is 2.17. The molecule has 2 aliphatic rings. The van der Waals surface area contributed by atoms with Crippen LogP contribution in [-0.2, 0) is 0 Å². The number of aliphatic imine (C=N–C) groups is 1. The summed E-state index contributed by atoms with van der Waals surface area (Å²) in [5.74, 6) is 2.38. The van der Waals surface area contributed by atoms with Gasteiger partial charge >= 0.3 is 0 Å². The van der Waals surface area contributed by atoms with E-state index in [-0.39, 0.29) is 0 Å². The lowest BCUT2D eigenvalue weighted by atomic mass is 10.0. The summed E-state index contributed by atoms with van der Waals surface area (Å²) in [7, 11) is 0. The van der Waals surface area contributed by atoms with E-state index < -0.39 is 0 Å². The number of para-hydroxylation sites is 1. The van der Waals surface area contributed by atoms with Crippen molar-refractivity contribution in [3.63, 3.8) is 0 Å². The SMILES string of the molecule is C=C/N=C\C(=C/C)c1ccccc1OC1CC2CNCC1C2. The van der Waals surface area contributed by atoms with Gasteiger partial charge in [0.15, 0.2) is 0 Å². The molecule has 3 atom stereocenters. The second kappa shape index (κ2) is 6.93. The van der Waals surface area contributed by atoms with Gasteiger partial charge in [-0.05, 0) is 43.9 Å². The minimum absolute atomic E-state index is 0.329. The van der Waals surface area contributed by atoms with Gasteiger partial charge in [-0.3, -0.25) is 4.99 Å². The molecule has 2 bridgehead atoms. The van der Waals surface area contributed by atoms with Crippen LogP contribution in [0.15, 0.2) is 48.1 Å². The van der Waals surface area contributed by atoms with E-state index >= 15 is 0 Å². The second-order valence-corrected chi connectivity index (χ2v) is 6.11. The van der Waals surface area contributed by atoms with E-state index in [4.69, 9.17) is 4.74 Å². The molecule has 0 amide bonds. The van der Waals surface area contributed by atoms with Crippen LogP contribution >= 0.6 is 0 Å². The van der Waals surface area contributed by atoms with E-state index in [1.54, 1.807) is 6.20 Å². The maximum absolute atomic E-state index is 6.41. The molecule has 0 aromatic heterocycles. The standard InChI is InChI=1S/C19H24N2O/c1-3-15(12-20-4-2)17-7-5-6-8-18(17)22-19-10-14-9-16(19)13-21-11-14/h3-8,12,14,16,19,21H,2,9-11,13H2,1H3/b15-3+,20-12-. The van der Waals surface area contributed by atoms with E-state index in [2.05, 4.69) is 35.1 Å². The highest BCUT2D eigenvalue weighted by atomic mass is 16.5. The fourth-order valence-electron chi connectivity index (χ4n) is 3.60. The Morgan fingerprint density at radius 3 is 2.95 bits per heavy atom. The molecule has 1 aliphatic heterocycles. The van der Waals surface area contributed by atoms with Crippen molar-refractivity contribution in [1.82, 2.24) is 5.32 Å². The molecule has 1 saturated carbocycles. The maximum atomic E-state index is 6.41. The van der Waals surface area contributed by atoms with Crippen LogP contribution in [0.1, 0.15) is 25.3 Å². The Labute approximate surface area is 132 Å². The Morgan fingerprint density at radius 1 is 1.32 bits per heavy atom. The molecule has 0 radical (unpaired) electrons. The Balaban J connectivity index is 1.82. The quantitative estimate of drug-likeness (QED) is 0.841. The van der Waals surface area contributed by atoms with Crippen LogP contribution in [0.3, 0.4) is 0 Å². The molecule has 1 saturated heterocycles. The van der Waals surface area contributed by atoms with Crippen molar-refractivity contribution in [3.8, 4) is 5.75 Å². The number of allylic oxidation sites excluding steroid dienone is 2. The molecule has 3 unspecified atom stereocenters. The van der Waals surface area contributed by atoms with Gasteiger partial charge < -0.3 is 10.1 Å². The molecule has 3 heteroatoms. The minimum Gasteiger partial charge on any atom is -0.489 e.